The number of rotatable bonds is 5. The lowest BCUT2D eigenvalue weighted by Crippen LogP contribution is -2.25. The van der Waals surface area contributed by atoms with Crippen LogP contribution in [0.2, 0.25) is 0 Å². The summed E-state index contributed by atoms with van der Waals surface area (Å²) in [5.41, 5.74) is 0.373. The lowest BCUT2D eigenvalue weighted by Gasteiger charge is -2.13. The predicted molar refractivity (Wildman–Crippen MR) is 65.2 cm³/mol. The Morgan fingerprint density at radius 1 is 1.42 bits per heavy atom. The minimum atomic E-state index is -1.12. The summed E-state index contributed by atoms with van der Waals surface area (Å²) in [6.45, 7) is 1.43. The van der Waals surface area contributed by atoms with Crippen LogP contribution in [0.25, 0.3) is 6.08 Å². The molecule has 0 aliphatic heterocycles. The summed E-state index contributed by atoms with van der Waals surface area (Å²) >= 11 is 0. The third-order valence-electron chi connectivity index (χ3n) is 2.21. The molecule has 1 aromatic carbocycles. The van der Waals surface area contributed by atoms with Crippen LogP contribution in [0.1, 0.15) is 12.5 Å². The fourth-order valence-electron chi connectivity index (χ4n) is 1.29. The predicted octanol–water partition coefficient (Wildman–Crippen LogP) is 1.86. The van der Waals surface area contributed by atoms with Gasteiger partial charge in [0, 0.05) is 6.08 Å². The summed E-state index contributed by atoms with van der Waals surface area (Å²) in [6, 6.07) is 3.90. The number of benzene rings is 1. The molecule has 0 heterocycles. The van der Waals surface area contributed by atoms with Gasteiger partial charge in [0.2, 0.25) is 0 Å². The molecular weight excluding hydrogens is 255 g/mol. The molecule has 0 amide bonds. The molecule has 1 unspecified atom stereocenters. The maximum atomic E-state index is 13.6. The lowest BCUT2D eigenvalue weighted by molar-refractivity contribution is -0.148. The molecule has 0 aromatic heterocycles. The van der Waals surface area contributed by atoms with Crippen molar-refractivity contribution in [3.05, 3.63) is 35.7 Å². The van der Waals surface area contributed by atoms with Crippen molar-refractivity contribution in [1.82, 2.24) is 0 Å². The SMILES string of the molecule is COC(=O)C(C)Oc1ccc(/C=C/C(=O)O)cc1F. The maximum absolute atomic E-state index is 13.6. The van der Waals surface area contributed by atoms with Crippen LogP contribution in [0.4, 0.5) is 4.39 Å². The highest BCUT2D eigenvalue weighted by atomic mass is 19.1. The van der Waals surface area contributed by atoms with Crippen LogP contribution in [-0.4, -0.2) is 30.3 Å². The fraction of sp³-hybridized carbons (Fsp3) is 0.231. The van der Waals surface area contributed by atoms with Crippen LogP contribution < -0.4 is 4.74 Å². The second-order valence-corrected chi connectivity index (χ2v) is 3.64. The van der Waals surface area contributed by atoms with Crippen molar-refractivity contribution in [1.29, 1.82) is 0 Å². The molecule has 1 atom stereocenters. The van der Waals surface area contributed by atoms with E-state index in [2.05, 4.69) is 4.74 Å². The van der Waals surface area contributed by atoms with Gasteiger partial charge in [-0.1, -0.05) is 6.07 Å². The van der Waals surface area contributed by atoms with E-state index in [1.807, 2.05) is 0 Å². The molecule has 0 fully saturated rings. The number of esters is 1. The molecule has 0 radical (unpaired) electrons. The third-order valence-corrected chi connectivity index (χ3v) is 2.21. The van der Waals surface area contributed by atoms with Gasteiger partial charge in [0.15, 0.2) is 17.7 Å². The Morgan fingerprint density at radius 2 is 2.11 bits per heavy atom. The van der Waals surface area contributed by atoms with Gasteiger partial charge in [-0.3, -0.25) is 0 Å². The summed E-state index contributed by atoms with van der Waals surface area (Å²) in [6.07, 6.45) is 1.21. The minimum Gasteiger partial charge on any atom is -0.478 e. The Labute approximate surface area is 109 Å². The molecule has 0 aliphatic rings. The van der Waals surface area contributed by atoms with Crippen LogP contribution in [0.3, 0.4) is 0 Å². The first-order valence-electron chi connectivity index (χ1n) is 5.39. The Morgan fingerprint density at radius 3 is 2.63 bits per heavy atom. The average molecular weight is 268 g/mol. The number of methoxy groups -OCH3 is 1. The number of carbonyl (C=O) groups excluding carboxylic acids is 1. The maximum Gasteiger partial charge on any atom is 0.346 e. The molecule has 0 spiro atoms. The molecule has 0 aliphatic carbocycles. The van der Waals surface area contributed by atoms with Crippen molar-refractivity contribution in [3.63, 3.8) is 0 Å². The van der Waals surface area contributed by atoms with Crippen molar-refractivity contribution in [3.8, 4) is 5.75 Å². The zero-order valence-electron chi connectivity index (χ0n) is 10.4. The van der Waals surface area contributed by atoms with E-state index < -0.39 is 23.9 Å². The van der Waals surface area contributed by atoms with Gasteiger partial charge < -0.3 is 14.6 Å². The number of aliphatic carboxylic acids is 1. The Kier molecular flexibility index (Phi) is 5.05. The Hall–Kier alpha value is -2.37. The highest BCUT2D eigenvalue weighted by molar-refractivity contribution is 5.85. The van der Waals surface area contributed by atoms with Crippen LogP contribution in [0, 0.1) is 5.82 Å². The molecule has 0 saturated heterocycles. The lowest BCUT2D eigenvalue weighted by atomic mass is 10.2. The van der Waals surface area contributed by atoms with E-state index in [9.17, 15) is 14.0 Å². The quantitative estimate of drug-likeness (QED) is 0.652. The van der Waals surface area contributed by atoms with Gasteiger partial charge in [-0.25, -0.2) is 14.0 Å². The van der Waals surface area contributed by atoms with Crippen molar-refractivity contribution in [2.45, 2.75) is 13.0 Å². The standard InChI is InChI=1S/C13H13FO5/c1-8(13(17)18-2)19-11-5-3-9(7-10(11)14)4-6-12(15)16/h3-8H,1-2H3,(H,15,16)/b6-4+. The van der Waals surface area contributed by atoms with Gasteiger partial charge in [0.1, 0.15) is 0 Å². The summed E-state index contributed by atoms with van der Waals surface area (Å²) in [5.74, 6) is -2.54. The first kappa shape index (κ1) is 14.7. The van der Waals surface area contributed by atoms with E-state index in [-0.39, 0.29) is 5.75 Å². The number of hydrogen-bond acceptors (Lipinski definition) is 4. The first-order valence-corrected chi connectivity index (χ1v) is 5.39. The third kappa shape index (κ3) is 4.42. The van der Waals surface area contributed by atoms with Crippen LogP contribution in [0.15, 0.2) is 24.3 Å². The second-order valence-electron chi connectivity index (χ2n) is 3.64. The summed E-state index contributed by atoms with van der Waals surface area (Å²) < 4.78 is 23.2. The van der Waals surface area contributed by atoms with E-state index in [0.717, 1.165) is 12.1 Å². The number of halogens is 1. The number of ether oxygens (including phenoxy) is 2. The van der Waals surface area contributed by atoms with Gasteiger partial charge in [-0.15, -0.1) is 0 Å². The molecule has 6 heteroatoms. The van der Waals surface area contributed by atoms with Crippen LogP contribution in [-0.2, 0) is 14.3 Å². The Balaban J connectivity index is 2.83. The first-order chi connectivity index (χ1) is 8.93. The highest BCUT2D eigenvalue weighted by Gasteiger charge is 2.16. The van der Waals surface area contributed by atoms with E-state index in [0.29, 0.717) is 5.56 Å². The van der Waals surface area contributed by atoms with Gasteiger partial charge in [-0.05, 0) is 30.7 Å². The topological polar surface area (TPSA) is 72.8 Å². The van der Waals surface area contributed by atoms with E-state index in [1.54, 1.807) is 0 Å². The van der Waals surface area contributed by atoms with Gasteiger partial charge in [0.25, 0.3) is 0 Å². The summed E-state index contributed by atoms with van der Waals surface area (Å²) in [4.78, 5) is 21.4. The smallest absolute Gasteiger partial charge is 0.346 e. The van der Waals surface area contributed by atoms with E-state index in [4.69, 9.17) is 9.84 Å². The van der Waals surface area contributed by atoms with Crippen molar-refractivity contribution in [2.75, 3.05) is 7.11 Å². The van der Waals surface area contributed by atoms with Crippen molar-refractivity contribution in [2.24, 2.45) is 0 Å². The largest absolute Gasteiger partial charge is 0.478 e. The Bertz CT molecular complexity index is 510. The monoisotopic (exact) mass is 268 g/mol. The number of carboxylic acids is 1. The van der Waals surface area contributed by atoms with E-state index in [1.165, 1.54) is 32.2 Å². The normalized spacial score (nSPS) is 12.2. The molecule has 1 rings (SSSR count). The fourth-order valence-corrected chi connectivity index (χ4v) is 1.29. The molecule has 5 nitrogen and oxygen atoms in total. The minimum absolute atomic E-state index is 0.106. The van der Waals surface area contributed by atoms with Crippen molar-refractivity contribution >= 4 is 18.0 Å². The molecule has 0 bridgehead atoms. The van der Waals surface area contributed by atoms with Crippen molar-refractivity contribution < 1.29 is 28.6 Å². The molecule has 0 saturated carbocycles. The van der Waals surface area contributed by atoms with Crippen LogP contribution in [0.5, 0.6) is 5.75 Å². The van der Waals surface area contributed by atoms with Crippen LogP contribution >= 0.6 is 0 Å². The summed E-state index contributed by atoms with van der Waals surface area (Å²) in [5, 5.41) is 8.45. The summed E-state index contributed by atoms with van der Waals surface area (Å²) in [7, 11) is 1.21. The number of hydrogen-bond donors (Lipinski definition) is 1. The molecule has 19 heavy (non-hydrogen) atoms. The molecular formula is C13H13FO5. The number of carbonyl (C=O) groups is 2. The number of carboxylic acid groups (broad SMARTS) is 1. The van der Waals surface area contributed by atoms with Gasteiger partial charge in [0.05, 0.1) is 7.11 Å². The average Bonchev–Trinajstić information content (AvgIpc) is 2.38. The molecule has 102 valence electrons. The zero-order chi connectivity index (χ0) is 14.4. The highest BCUT2D eigenvalue weighted by Crippen LogP contribution is 2.20. The van der Waals surface area contributed by atoms with E-state index >= 15 is 0 Å². The van der Waals surface area contributed by atoms with Gasteiger partial charge in [-0.2, -0.15) is 0 Å². The molecule has 1 N–H and O–H groups in total. The molecule has 1 aromatic rings. The zero-order valence-corrected chi connectivity index (χ0v) is 10.4. The van der Waals surface area contributed by atoms with Gasteiger partial charge >= 0.3 is 11.9 Å². The second kappa shape index (κ2) is 6.53.